The van der Waals surface area contributed by atoms with Crippen LogP contribution in [0.25, 0.3) is 10.8 Å². The molecule has 2 aromatic carbocycles. The Kier molecular flexibility index (Phi) is 3.87. The number of phenols is 1. The molecule has 1 fully saturated rings. The van der Waals surface area contributed by atoms with Gasteiger partial charge in [-0.1, -0.05) is 36.4 Å². The highest BCUT2D eigenvalue weighted by Gasteiger charge is 2.27. The molecule has 0 aliphatic carbocycles. The Balaban J connectivity index is 1.94. The number of ether oxygens (including phenoxy) is 1. The number of benzene rings is 2. The Morgan fingerprint density at radius 3 is 2.48 bits per heavy atom. The monoisotopic (exact) mass is 285 g/mol. The minimum absolute atomic E-state index is 0.184. The highest BCUT2D eigenvalue weighted by atomic mass is 16.5. The molecule has 0 aromatic heterocycles. The van der Waals surface area contributed by atoms with Crippen LogP contribution in [0.4, 0.5) is 0 Å². The quantitative estimate of drug-likeness (QED) is 0.913. The van der Waals surface area contributed by atoms with E-state index in [1.807, 2.05) is 30.3 Å². The van der Waals surface area contributed by atoms with Crippen molar-refractivity contribution in [3.8, 4) is 5.75 Å². The van der Waals surface area contributed by atoms with Crippen LogP contribution in [0.2, 0.25) is 0 Å². The molecule has 3 rings (SSSR count). The Labute approximate surface area is 126 Å². The van der Waals surface area contributed by atoms with E-state index in [-0.39, 0.29) is 18.2 Å². The number of phenolic OH excluding ortho intramolecular Hbond substituents is 1. The third kappa shape index (κ3) is 2.76. The molecule has 0 bridgehead atoms. The van der Waals surface area contributed by atoms with E-state index >= 15 is 0 Å². The molecule has 1 N–H and O–H groups in total. The average molecular weight is 285 g/mol. The number of nitrogens with zero attached hydrogens (tertiary/aromatic N) is 1. The number of fused-ring (bicyclic) bond motifs is 1. The summed E-state index contributed by atoms with van der Waals surface area (Å²) in [4.78, 5) is 2.39. The summed E-state index contributed by atoms with van der Waals surface area (Å²) in [5.74, 6) is 0.410. The summed E-state index contributed by atoms with van der Waals surface area (Å²) in [7, 11) is 0. The zero-order valence-corrected chi connectivity index (χ0v) is 12.9. The van der Waals surface area contributed by atoms with E-state index in [0.717, 1.165) is 29.4 Å². The predicted octanol–water partition coefficient (Wildman–Crippen LogP) is 3.72. The molecule has 3 atom stereocenters. The SMILES string of the molecule is CC1CN(C(C)c2ccc3ccccc3c2O)CC(C)O1. The second kappa shape index (κ2) is 5.66. The maximum Gasteiger partial charge on any atom is 0.128 e. The average Bonchev–Trinajstić information content (AvgIpc) is 2.46. The fourth-order valence-corrected chi connectivity index (χ4v) is 3.34. The molecule has 0 amide bonds. The summed E-state index contributed by atoms with van der Waals surface area (Å²) in [5, 5.41) is 12.6. The van der Waals surface area contributed by atoms with E-state index in [4.69, 9.17) is 4.74 Å². The molecule has 2 aromatic rings. The van der Waals surface area contributed by atoms with Gasteiger partial charge in [0.05, 0.1) is 12.2 Å². The third-order valence-electron chi connectivity index (χ3n) is 4.38. The lowest BCUT2D eigenvalue weighted by Crippen LogP contribution is -2.46. The van der Waals surface area contributed by atoms with Crippen LogP contribution in [0.15, 0.2) is 36.4 Å². The predicted molar refractivity (Wildman–Crippen MR) is 85.6 cm³/mol. The van der Waals surface area contributed by atoms with Crippen LogP contribution in [-0.4, -0.2) is 35.3 Å². The lowest BCUT2D eigenvalue weighted by atomic mass is 9.99. The summed E-state index contributed by atoms with van der Waals surface area (Å²) in [6.07, 6.45) is 0.470. The van der Waals surface area contributed by atoms with E-state index in [1.165, 1.54) is 0 Å². The Hall–Kier alpha value is -1.58. The van der Waals surface area contributed by atoms with Crippen molar-refractivity contribution in [3.05, 3.63) is 42.0 Å². The van der Waals surface area contributed by atoms with Gasteiger partial charge in [-0.25, -0.2) is 0 Å². The minimum Gasteiger partial charge on any atom is -0.507 e. The van der Waals surface area contributed by atoms with Crippen molar-refractivity contribution in [2.45, 2.75) is 39.0 Å². The van der Waals surface area contributed by atoms with Gasteiger partial charge in [0.25, 0.3) is 0 Å². The van der Waals surface area contributed by atoms with Crippen molar-refractivity contribution in [2.75, 3.05) is 13.1 Å². The van der Waals surface area contributed by atoms with Gasteiger partial charge in [-0.05, 0) is 26.2 Å². The van der Waals surface area contributed by atoms with Crippen LogP contribution < -0.4 is 0 Å². The van der Waals surface area contributed by atoms with Crippen LogP contribution in [-0.2, 0) is 4.74 Å². The van der Waals surface area contributed by atoms with Crippen LogP contribution in [0.1, 0.15) is 32.4 Å². The van der Waals surface area contributed by atoms with Crippen LogP contribution in [0.5, 0.6) is 5.75 Å². The molecule has 1 aliphatic rings. The summed E-state index contributed by atoms with van der Waals surface area (Å²) in [6.45, 7) is 8.18. The van der Waals surface area contributed by atoms with Gasteiger partial charge in [0.2, 0.25) is 0 Å². The molecule has 112 valence electrons. The second-order valence-electron chi connectivity index (χ2n) is 6.11. The van der Waals surface area contributed by atoms with Gasteiger partial charge in [0, 0.05) is 30.1 Å². The lowest BCUT2D eigenvalue weighted by molar-refractivity contribution is -0.0791. The zero-order valence-electron chi connectivity index (χ0n) is 12.9. The fourth-order valence-electron chi connectivity index (χ4n) is 3.34. The van der Waals surface area contributed by atoms with Gasteiger partial charge in [-0.3, -0.25) is 4.90 Å². The molecular weight excluding hydrogens is 262 g/mol. The van der Waals surface area contributed by atoms with E-state index in [1.54, 1.807) is 0 Å². The van der Waals surface area contributed by atoms with Crippen molar-refractivity contribution in [1.29, 1.82) is 0 Å². The summed E-state index contributed by atoms with van der Waals surface area (Å²) < 4.78 is 5.80. The van der Waals surface area contributed by atoms with Crippen LogP contribution >= 0.6 is 0 Å². The lowest BCUT2D eigenvalue weighted by Gasteiger charge is -2.39. The normalized spacial score (nSPS) is 25.1. The van der Waals surface area contributed by atoms with Crippen molar-refractivity contribution >= 4 is 10.8 Å². The number of aromatic hydroxyl groups is 1. The minimum atomic E-state index is 0.184. The number of morpholine rings is 1. The standard InChI is InChI=1S/C18H23NO2/c1-12-10-19(11-13(2)21-12)14(3)16-9-8-15-6-4-5-7-17(15)18(16)20/h4-9,12-14,20H,10-11H2,1-3H3. The Morgan fingerprint density at radius 1 is 1.10 bits per heavy atom. The topological polar surface area (TPSA) is 32.7 Å². The molecule has 0 saturated carbocycles. The first-order valence-corrected chi connectivity index (χ1v) is 7.66. The Morgan fingerprint density at radius 2 is 1.76 bits per heavy atom. The van der Waals surface area contributed by atoms with E-state index in [9.17, 15) is 5.11 Å². The fraction of sp³-hybridized carbons (Fsp3) is 0.444. The molecule has 3 heteroatoms. The second-order valence-corrected chi connectivity index (χ2v) is 6.11. The van der Waals surface area contributed by atoms with Gasteiger partial charge in [0.1, 0.15) is 5.75 Å². The molecule has 1 heterocycles. The molecule has 1 saturated heterocycles. The van der Waals surface area contributed by atoms with E-state index in [0.29, 0.717) is 5.75 Å². The molecule has 0 radical (unpaired) electrons. The first kappa shape index (κ1) is 14.4. The van der Waals surface area contributed by atoms with Crippen LogP contribution in [0, 0.1) is 0 Å². The molecule has 1 aliphatic heterocycles. The van der Waals surface area contributed by atoms with Gasteiger partial charge in [-0.15, -0.1) is 0 Å². The van der Waals surface area contributed by atoms with Crippen molar-refractivity contribution < 1.29 is 9.84 Å². The maximum absolute atomic E-state index is 10.6. The van der Waals surface area contributed by atoms with Crippen LogP contribution in [0.3, 0.4) is 0 Å². The molecule has 3 unspecified atom stereocenters. The molecular formula is C18H23NO2. The van der Waals surface area contributed by atoms with Gasteiger partial charge >= 0.3 is 0 Å². The zero-order chi connectivity index (χ0) is 15.0. The first-order valence-electron chi connectivity index (χ1n) is 7.66. The maximum atomic E-state index is 10.6. The van der Waals surface area contributed by atoms with Gasteiger partial charge < -0.3 is 9.84 Å². The largest absolute Gasteiger partial charge is 0.507 e. The van der Waals surface area contributed by atoms with E-state index in [2.05, 4.69) is 31.7 Å². The molecule has 0 spiro atoms. The number of hydrogen-bond acceptors (Lipinski definition) is 3. The smallest absolute Gasteiger partial charge is 0.128 e. The Bertz CT molecular complexity index is 630. The van der Waals surface area contributed by atoms with Gasteiger partial charge in [-0.2, -0.15) is 0 Å². The van der Waals surface area contributed by atoms with Crippen molar-refractivity contribution in [2.24, 2.45) is 0 Å². The highest BCUT2D eigenvalue weighted by molar-refractivity contribution is 5.89. The highest BCUT2D eigenvalue weighted by Crippen LogP contribution is 2.35. The van der Waals surface area contributed by atoms with Gasteiger partial charge in [0.15, 0.2) is 0 Å². The van der Waals surface area contributed by atoms with Crippen molar-refractivity contribution in [3.63, 3.8) is 0 Å². The molecule has 21 heavy (non-hydrogen) atoms. The molecule has 3 nitrogen and oxygen atoms in total. The summed E-state index contributed by atoms with van der Waals surface area (Å²) in [6, 6.07) is 12.3. The van der Waals surface area contributed by atoms with E-state index < -0.39 is 0 Å². The third-order valence-corrected chi connectivity index (χ3v) is 4.38. The van der Waals surface area contributed by atoms with Crippen molar-refractivity contribution in [1.82, 2.24) is 4.90 Å². The summed E-state index contributed by atoms with van der Waals surface area (Å²) >= 11 is 0. The number of rotatable bonds is 2. The first-order chi connectivity index (χ1) is 10.1. The number of hydrogen-bond donors (Lipinski definition) is 1. The summed E-state index contributed by atoms with van der Waals surface area (Å²) in [5.41, 5.74) is 0.995.